The molecule has 0 atom stereocenters. The molecule has 25 heavy (non-hydrogen) atoms. The van der Waals surface area contributed by atoms with Gasteiger partial charge in [0.15, 0.2) is 0 Å². The molecule has 0 spiro atoms. The van der Waals surface area contributed by atoms with E-state index in [4.69, 9.17) is 10.00 Å². The summed E-state index contributed by atoms with van der Waals surface area (Å²) in [4.78, 5) is 13.1. The van der Waals surface area contributed by atoms with Gasteiger partial charge in [0.2, 0.25) is 5.91 Å². The quantitative estimate of drug-likeness (QED) is 0.661. The third-order valence-corrected chi connectivity index (χ3v) is 4.15. The number of nitriles is 1. The van der Waals surface area contributed by atoms with Gasteiger partial charge in [-0.3, -0.25) is 4.79 Å². The van der Waals surface area contributed by atoms with Crippen molar-refractivity contribution in [1.29, 1.82) is 5.26 Å². The lowest BCUT2D eigenvalue weighted by Crippen LogP contribution is -2.22. The average molecular weight is 355 g/mol. The van der Waals surface area contributed by atoms with Gasteiger partial charge in [-0.1, -0.05) is 25.1 Å². The largest absolute Gasteiger partial charge is 0.494 e. The molecule has 0 bridgehead atoms. The number of benzene rings is 2. The smallest absolute Gasteiger partial charge is 0.243 e. The standard InChI is InChI=1S/C19H21N3O2S/c1-2-11-24-16-7-5-6-15(13-16)21-14-19(23)22-17-8-3-4-9-18(17)25-12-10-20/h3-9,13,21H,2,11-12,14H2,1H3,(H,22,23). The Morgan fingerprint density at radius 1 is 1.24 bits per heavy atom. The summed E-state index contributed by atoms with van der Waals surface area (Å²) in [7, 11) is 0. The van der Waals surface area contributed by atoms with Crippen LogP contribution in [-0.4, -0.2) is 24.8 Å². The van der Waals surface area contributed by atoms with Gasteiger partial charge in [0.25, 0.3) is 0 Å². The molecule has 0 fully saturated rings. The highest BCUT2D eigenvalue weighted by atomic mass is 32.2. The fraction of sp³-hybridized carbons (Fsp3) is 0.263. The first-order chi connectivity index (χ1) is 12.2. The molecule has 2 aromatic carbocycles. The van der Waals surface area contributed by atoms with Gasteiger partial charge in [-0.2, -0.15) is 5.26 Å². The number of amides is 1. The minimum atomic E-state index is -0.148. The van der Waals surface area contributed by atoms with Gasteiger partial charge in [0.1, 0.15) is 5.75 Å². The number of ether oxygens (including phenoxy) is 1. The van der Waals surface area contributed by atoms with E-state index in [1.807, 2.05) is 48.5 Å². The Morgan fingerprint density at radius 3 is 2.88 bits per heavy atom. The van der Waals surface area contributed by atoms with Crippen molar-refractivity contribution in [1.82, 2.24) is 0 Å². The van der Waals surface area contributed by atoms with Crippen LogP contribution >= 0.6 is 11.8 Å². The van der Waals surface area contributed by atoms with Crippen LogP contribution in [0.5, 0.6) is 5.75 Å². The van der Waals surface area contributed by atoms with Crippen LogP contribution in [0.1, 0.15) is 13.3 Å². The maximum absolute atomic E-state index is 12.2. The Morgan fingerprint density at radius 2 is 2.08 bits per heavy atom. The number of rotatable bonds is 9. The number of nitrogens with zero attached hydrogens (tertiary/aromatic N) is 1. The SMILES string of the molecule is CCCOc1cccc(NCC(=O)Nc2ccccc2SCC#N)c1. The average Bonchev–Trinajstić information content (AvgIpc) is 2.64. The number of hydrogen-bond donors (Lipinski definition) is 2. The van der Waals surface area contributed by atoms with Gasteiger partial charge < -0.3 is 15.4 Å². The molecule has 0 aromatic heterocycles. The normalized spacial score (nSPS) is 9.92. The van der Waals surface area contributed by atoms with Crippen molar-refractivity contribution in [2.24, 2.45) is 0 Å². The Kier molecular flexibility index (Phi) is 7.67. The molecular weight excluding hydrogens is 334 g/mol. The molecule has 0 aliphatic carbocycles. The van der Waals surface area contributed by atoms with Crippen LogP contribution in [0, 0.1) is 11.3 Å². The first-order valence-corrected chi connectivity index (χ1v) is 9.07. The summed E-state index contributed by atoms with van der Waals surface area (Å²) in [6.45, 7) is 2.87. The fourth-order valence-electron chi connectivity index (χ4n) is 2.10. The number of anilines is 2. The summed E-state index contributed by atoms with van der Waals surface area (Å²) >= 11 is 1.40. The van der Waals surface area contributed by atoms with Crippen LogP contribution in [0.2, 0.25) is 0 Å². The van der Waals surface area contributed by atoms with Crippen molar-refractivity contribution in [3.8, 4) is 11.8 Å². The lowest BCUT2D eigenvalue weighted by Gasteiger charge is -2.11. The fourth-order valence-corrected chi connectivity index (χ4v) is 2.77. The van der Waals surface area contributed by atoms with Gasteiger partial charge >= 0.3 is 0 Å². The Hall–Kier alpha value is -2.65. The van der Waals surface area contributed by atoms with Crippen LogP contribution in [0.4, 0.5) is 11.4 Å². The molecule has 2 rings (SSSR count). The molecule has 0 aliphatic heterocycles. The Bertz CT molecular complexity index is 743. The molecule has 0 unspecified atom stereocenters. The van der Waals surface area contributed by atoms with Crippen molar-refractivity contribution in [3.05, 3.63) is 48.5 Å². The third-order valence-electron chi connectivity index (χ3n) is 3.21. The van der Waals surface area contributed by atoms with Crippen LogP contribution < -0.4 is 15.4 Å². The van der Waals surface area contributed by atoms with Crippen LogP contribution in [0.3, 0.4) is 0 Å². The first-order valence-electron chi connectivity index (χ1n) is 8.08. The van der Waals surface area contributed by atoms with Crippen LogP contribution in [0.25, 0.3) is 0 Å². The maximum Gasteiger partial charge on any atom is 0.243 e. The lowest BCUT2D eigenvalue weighted by molar-refractivity contribution is -0.114. The van der Waals surface area contributed by atoms with Crippen molar-refractivity contribution < 1.29 is 9.53 Å². The highest BCUT2D eigenvalue weighted by Gasteiger charge is 2.07. The highest BCUT2D eigenvalue weighted by Crippen LogP contribution is 2.26. The van der Waals surface area contributed by atoms with E-state index in [1.54, 1.807) is 0 Å². The zero-order chi connectivity index (χ0) is 17.9. The van der Waals surface area contributed by atoms with E-state index in [1.165, 1.54) is 11.8 Å². The molecule has 6 heteroatoms. The van der Waals surface area contributed by atoms with E-state index in [2.05, 4.69) is 23.6 Å². The second kappa shape index (κ2) is 10.3. The Labute approximate surface area is 152 Å². The van der Waals surface area contributed by atoms with E-state index in [-0.39, 0.29) is 12.5 Å². The van der Waals surface area contributed by atoms with Crippen molar-refractivity contribution in [3.63, 3.8) is 0 Å². The number of carbonyl (C=O) groups is 1. The first kappa shape index (κ1) is 18.7. The summed E-state index contributed by atoms with van der Waals surface area (Å²) in [6.07, 6.45) is 0.948. The van der Waals surface area contributed by atoms with E-state index in [9.17, 15) is 4.79 Å². The molecule has 0 saturated heterocycles. The zero-order valence-corrected chi connectivity index (χ0v) is 14.9. The lowest BCUT2D eigenvalue weighted by atomic mass is 10.3. The van der Waals surface area contributed by atoms with Gasteiger partial charge in [0.05, 0.1) is 30.7 Å². The maximum atomic E-state index is 12.2. The number of thioether (sulfide) groups is 1. The minimum absolute atomic E-state index is 0.147. The van der Waals surface area contributed by atoms with Crippen molar-refractivity contribution >= 4 is 29.0 Å². The van der Waals surface area contributed by atoms with E-state index in [0.717, 1.165) is 28.4 Å². The predicted molar refractivity (Wildman–Crippen MR) is 102 cm³/mol. The second-order valence-corrected chi connectivity index (χ2v) is 6.24. The topological polar surface area (TPSA) is 74.2 Å². The highest BCUT2D eigenvalue weighted by molar-refractivity contribution is 7.99. The molecule has 0 radical (unpaired) electrons. The molecule has 0 saturated carbocycles. The summed E-state index contributed by atoms with van der Waals surface area (Å²) in [5, 5.41) is 14.7. The van der Waals surface area contributed by atoms with Crippen molar-refractivity contribution in [2.75, 3.05) is 29.5 Å². The van der Waals surface area contributed by atoms with Crippen LogP contribution in [0.15, 0.2) is 53.4 Å². The summed E-state index contributed by atoms with van der Waals surface area (Å²) in [5.74, 6) is 0.978. The van der Waals surface area contributed by atoms with Gasteiger partial charge in [-0.25, -0.2) is 0 Å². The molecule has 2 N–H and O–H groups in total. The molecule has 5 nitrogen and oxygen atoms in total. The second-order valence-electron chi connectivity index (χ2n) is 5.22. The molecule has 0 aliphatic rings. The van der Waals surface area contributed by atoms with E-state index >= 15 is 0 Å². The van der Waals surface area contributed by atoms with Gasteiger partial charge in [-0.15, -0.1) is 11.8 Å². The summed E-state index contributed by atoms with van der Waals surface area (Å²) < 4.78 is 5.58. The molecular formula is C19H21N3O2S. The van der Waals surface area contributed by atoms with Crippen molar-refractivity contribution in [2.45, 2.75) is 18.2 Å². The number of carbonyl (C=O) groups excluding carboxylic acids is 1. The van der Waals surface area contributed by atoms with Gasteiger partial charge in [0, 0.05) is 16.6 Å². The number of nitrogens with one attached hydrogen (secondary N) is 2. The summed E-state index contributed by atoms with van der Waals surface area (Å²) in [5.41, 5.74) is 1.55. The predicted octanol–water partition coefficient (Wildman–Crippen LogP) is 4.14. The van der Waals surface area contributed by atoms with Gasteiger partial charge in [-0.05, 0) is 30.7 Å². The number of para-hydroxylation sites is 1. The summed E-state index contributed by atoms with van der Waals surface area (Å²) in [6, 6.07) is 17.1. The monoisotopic (exact) mass is 355 g/mol. The third kappa shape index (κ3) is 6.40. The number of hydrogen-bond acceptors (Lipinski definition) is 5. The zero-order valence-electron chi connectivity index (χ0n) is 14.1. The Balaban J connectivity index is 1.90. The minimum Gasteiger partial charge on any atom is -0.494 e. The van der Waals surface area contributed by atoms with Crippen LogP contribution in [-0.2, 0) is 4.79 Å². The van der Waals surface area contributed by atoms with E-state index in [0.29, 0.717) is 12.4 Å². The molecule has 130 valence electrons. The molecule has 2 aromatic rings. The molecule has 0 heterocycles. The molecule has 1 amide bonds. The van der Waals surface area contributed by atoms with E-state index < -0.39 is 0 Å².